The molecule has 1 aromatic carbocycles. The first kappa shape index (κ1) is 23.5. The van der Waals surface area contributed by atoms with E-state index in [1.807, 2.05) is 0 Å². The highest BCUT2D eigenvalue weighted by molar-refractivity contribution is 6.04. The van der Waals surface area contributed by atoms with E-state index in [2.05, 4.69) is 27.2 Å². The van der Waals surface area contributed by atoms with Crippen LogP contribution in [-0.4, -0.2) is 71.9 Å². The zero-order chi connectivity index (χ0) is 24.2. The third-order valence-corrected chi connectivity index (χ3v) is 5.76. The van der Waals surface area contributed by atoms with Gasteiger partial charge in [0.1, 0.15) is 5.82 Å². The molecule has 3 heterocycles. The number of hydrogen-bond donors (Lipinski definition) is 2. The minimum Gasteiger partial charge on any atom is -0.492 e. The Morgan fingerprint density at radius 1 is 1.26 bits per heavy atom. The number of hydrogen-bond acceptors (Lipinski definition) is 9. The summed E-state index contributed by atoms with van der Waals surface area (Å²) >= 11 is 0. The lowest BCUT2D eigenvalue weighted by atomic mass is 10.1. The summed E-state index contributed by atoms with van der Waals surface area (Å²) < 4.78 is 18.8. The Bertz CT molecular complexity index is 1240. The number of anilines is 2. The van der Waals surface area contributed by atoms with Crippen molar-refractivity contribution in [3.8, 4) is 11.5 Å². The summed E-state index contributed by atoms with van der Waals surface area (Å²) in [6.07, 6.45) is 3.47. The molecule has 1 unspecified atom stereocenters. The van der Waals surface area contributed by atoms with Crippen molar-refractivity contribution >= 4 is 28.4 Å². The summed E-state index contributed by atoms with van der Waals surface area (Å²) in [6.45, 7) is 2.93. The number of pyridine rings is 1. The molecule has 3 N–H and O–H groups in total. The first-order valence-corrected chi connectivity index (χ1v) is 10.9. The van der Waals surface area contributed by atoms with Gasteiger partial charge < -0.3 is 30.2 Å². The number of methoxy groups -OCH3 is 1. The van der Waals surface area contributed by atoms with Gasteiger partial charge in [-0.3, -0.25) is 14.2 Å². The molecule has 1 saturated heterocycles. The predicted molar refractivity (Wildman–Crippen MR) is 127 cm³/mol. The number of nitrogens with two attached hydrogens (primary N) is 1. The number of benzene rings is 1. The smallest absolute Gasteiger partial charge is 0.259 e. The lowest BCUT2D eigenvalue weighted by Crippen LogP contribution is -2.40. The number of aromatic nitrogens is 3. The van der Waals surface area contributed by atoms with Crippen LogP contribution in [-0.2, 0) is 11.8 Å². The van der Waals surface area contributed by atoms with E-state index in [0.29, 0.717) is 35.5 Å². The third kappa shape index (κ3) is 4.95. The van der Waals surface area contributed by atoms with Gasteiger partial charge in [-0.15, -0.1) is 0 Å². The maximum Gasteiger partial charge on any atom is 0.259 e. The number of carbonyl (C=O) groups is 1. The maximum atomic E-state index is 13.0. The van der Waals surface area contributed by atoms with Gasteiger partial charge in [0.2, 0.25) is 5.95 Å². The number of carbonyl (C=O) groups excluding carboxylic acids is 1. The topological polar surface area (TPSA) is 134 Å². The standard InChI is InChI=1S/C23H28N6O5/c1-28-7-9-33-15(13-28)6-8-34-18-5-4-16-17(20(18)32-3)10-19(29(2)22(16)31)27-21(30)14-11-25-23(24)26-12-14/h4-5,10-12,15H,6-9,13H2,1-3H3,(H,27,30)(H2,24,25,26). The molecule has 11 heteroatoms. The van der Waals surface area contributed by atoms with E-state index in [0.717, 1.165) is 19.5 Å². The summed E-state index contributed by atoms with van der Waals surface area (Å²) in [5.41, 5.74) is 5.40. The fourth-order valence-electron chi connectivity index (χ4n) is 3.86. The van der Waals surface area contributed by atoms with Crippen molar-refractivity contribution in [1.29, 1.82) is 0 Å². The molecular formula is C23H28N6O5. The number of fused-ring (bicyclic) bond motifs is 1. The van der Waals surface area contributed by atoms with Gasteiger partial charge in [0.05, 0.1) is 37.4 Å². The minimum atomic E-state index is -0.474. The van der Waals surface area contributed by atoms with Gasteiger partial charge in [-0.2, -0.15) is 0 Å². The van der Waals surface area contributed by atoms with Crippen LogP contribution in [0.5, 0.6) is 11.5 Å². The zero-order valence-electron chi connectivity index (χ0n) is 19.4. The average molecular weight is 469 g/mol. The number of nitrogens with one attached hydrogen (secondary N) is 1. The van der Waals surface area contributed by atoms with E-state index in [-0.39, 0.29) is 29.0 Å². The number of nitrogens with zero attached hydrogens (tertiary/aromatic N) is 4. The van der Waals surface area contributed by atoms with Crippen molar-refractivity contribution in [2.45, 2.75) is 12.5 Å². The molecule has 0 radical (unpaired) electrons. The molecule has 1 fully saturated rings. The van der Waals surface area contributed by atoms with Gasteiger partial charge in [-0.1, -0.05) is 0 Å². The summed E-state index contributed by atoms with van der Waals surface area (Å²) in [5, 5.41) is 3.70. The van der Waals surface area contributed by atoms with Crippen LogP contribution in [0.15, 0.2) is 35.4 Å². The van der Waals surface area contributed by atoms with E-state index in [9.17, 15) is 9.59 Å². The summed E-state index contributed by atoms with van der Waals surface area (Å²) in [4.78, 5) is 35.5. The Labute approximate surface area is 196 Å². The summed E-state index contributed by atoms with van der Waals surface area (Å²) in [5.74, 6) is 0.806. The summed E-state index contributed by atoms with van der Waals surface area (Å²) in [6, 6.07) is 5.10. The molecule has 1 aliphatic rings. The highest BCUT2D eigenvalue weighted by Gasteiger charge is 2.20. The Kier molecular flexibility index (Phi) is 6.94. The zero-order valence-corrected chi connectivity index (χ0v) is 19.4. The molecule has 0 bridgehead atoms. The molecule has 0 spiro atoms. The second-order valence-corrected chi connectivity index (χ2v) is 8.13. The summed E-state index contributed by atoms with van der Waals surface area (Å²) in [7, 11) is 5.16. The van der Waals surface area contributed by atoms with Crippen LogP contribution in [0.1, 0.15) is 16.8 Å². The molecule has 0 saturated carbocycles. The van der Waals surface area contributed by atoms with Gasteiger partial charge in [0.25, 0.3) is 11.5 Å². The Morgan fingerprint density at radius 3 is 2.74 bits per heavy atom. The van der Waals surface area contributed by atoms with Crippen molar-refractivity contribution in [2.24, 2.45) is 7.05 Å². The number of rotatable bonds is 7. The Hall–Kier alpha value is -3.70. The van der Waals surface area contributed by atoms with E-state index in [1.165, 1.54) is 24.1 Å². The van der Waals surface area contributed by atoms with Crippen LogP contribution in [0, 0.1) is 0 Å². The number of nitrogen functional groups attached to an aromatic ring is 1. The fourth-order valence-corrected chi connectivity index (χ4v) is 3.86. The van der Waals surface area contributed by atoms with Crippen molar-refractivity contribution in [1.82, 2.24) is 19.4 Å². The lowest BCUT2D eigenvalue weighted by molar-refractivity contribution is -0.0284. The van der Waals surface area contributed by atoms with Crippen molar-refractivity contribution in [3.05, 3.63) is 46.5 Å². The molecule has 0 aliphatic carbocycles. The van der Waals surface area contributed by atoms with Crippen LogP contribution in [0.25, 0.3) is 10.8 Å². The second kappa shape index (κ2) is 10.1. The van der Waals surface area contributed by atoms with E-state index >= 15 is 0 Å². The lowest BCUT2D eigenvalue weighted by Gasteiger charge is -2.30. The molecule has 34 heavy (non-hydrogen) atoms. The van der Waals surface area contributed by atoms with Crippen molar-refractivity contribution < 1.29 is 19.0 Å². The predicted octanol–water partition coefficient (Wildman–Crippen LogP) is 1.27. The quantitative estimate of drug-likeness (QED) is 0.526. The second-order valence-electron chi connectivity index (χ2n) is 8.13. The van der Waals surface area contributed by atoms with Crippen LogP contribution in [0.2, 0.25) is 0 Å². The molecule has 180 valence electrons. The van der Waals surface area contributed by atoms with E-state index in [1.54, 1.807) is 25.2 Å². The Balaban J connectivity index is 1.59. The third-order valence-electron chi connectivity index (χ3n) is 5.76. The highest BCUT2D eigenvalue weighted by Crippen LogP contribution is 2.35. The minimum absolute atomic E-state index is 0.0639. The van der Waals surface area contributed by atoms with Crippen molar-refractivity contribution in [3.63, 3.8) is 0 Å². The number of ether oxygens (including phenoxy) is 3. The molecule has 1 aliphatic heterocycles. The average Bonchev–Trinajstić information content (AvgIpc) is 2.82. The van der Waals surface area contributed by atoms with Crippen molar-refractivity contribution in [2.75, 3.05) is 51.5 Å². The molecule has 11 nitrogen and oxygen atoms in total. The largest absolute Gasteiger partial charge is 0.492 e. The Morgan fingerprint density at radius 2 is 2.03 bits per heavy atom. The molecule has 2 aromatic heterocycles. The SMILES string of the molecule is COc1c(OCCC2CN(C)CCO2)ccc2c(=O)n(C)c(NC(=O)c3cnc(N)nc3)cc12. The monoisotopic (exact) mass is 468 g/mol. The maximum absolute atomic E-state index is 13.0. The number of amides is 1. The fraction of sp³-hybridized carbons (Fsp3) is 0.391. The first-order valence-electron chi connectivity index (χ1n) is 10.9. The number of morpholine rings is 1. The van der Waals surface area contributed by atoms with Crippen LogP contribution < -0.4 is 26.1 Å². The normalized spacial score (nSPS) is 16.4. The highest BCUT2D eigenvalue weighted by atomic mass is 16.5. The molecule has 4 rings (SSSR count). The van der Waals surface area contributed by atoms with Gasteiger partial charge in [0, 0.05) is 44.3 Å². The molecule has 1 atom stereocenters. The van der Waals surface area contributed by atoms with Gasteiger partial charge >= 0.3 is 0 Å². The molecule has 3 aromatic rings. The van der Waals surface area contributed by atoms with Crippen LogP contribution in [0.4, 0.5) is 11.8 Å². The number of likely N-dealkylation sites (N-methyl/N-ethyl adjacent to an activating group) is 1. The van der Waals surface area contributed by atoms with Gasteiger partial charge in [-0.05, 0) is 25.2 Å². The van der Waals surface area contributed by atoms with E-state index < -0.39 is 5.91 Å². The molecular weight excluding hydrogens is 440 g/mol. The van der Waals surface area contributed by atoms with Crippen LogP contribution in [0.3, 0.4) is 0 Å². The first-order chi connectivity index (χ1) is 16.4. The van der Waals surface area contributed by atoms with E-state index in [4.69, 9.17) is 19.9 Å². The van der Waals surface area contributed by atoms with Gasteiger partial charge in [0.15, 0.2) is 11.5 Å². The molecule has 1 amide bonds. The van der Waals surface area contributed by atoms with Crippen LogP contribution >= 0.6 is 0 Å². The van der Waals surface area contributed by atoms with Gasteiger partial charge in [-0.25, -0.2) is 9.97 Å².